The van der Waals surface area contributed by atoms with E-state index in [9.17, 15) is 4.79 Å². The monoisotopic (exact) mass is 248 g/mol. The molecule has 0 radical (unpaired) electrons. The van der Waals surface area contributed by atoms with Crippen LogP contribution in [0.25, 0.3) is 0 Å². The quantitative estimate of drug-likeness (QED) is 0.819. The summed E-state index contributed by atoms with van der Waals surface area (Å²) >= 11 is 1.57. The molecule has 2 aromatic rings. The maximum Gasteiger partial charge on any atom is 0.251 e. The van der Waals surface area contributed by atoms with E-state index in [4.69, 9.17) is 0 Å². The first-order chi connectivity index (χ1) is 7.97. The molecule has 3 nitrogen and oxygen atoms in total. The Kier molecular flexibility index (Phi) is 3.15. The molecule has 17 heavy (non-hydrogen) atoms. The number of thiazole rings is 1. The van der Waals surface area contributed by atoms with Gasteiger partial charge in [0, 0.05) is 23.3 Å². The van der Waals surface area contributed by atoms with Gasteiger partial charge >= 0.3 is 0 Å². The molecule has 0 aromatic carbocycles. The highest BCUT2D eigenvalue weighted by molar-refractivity contribution is 7.09. The van der Waals surface area contributed by atoms with Crippen LogP contribution in [-0.4, -0.2) is 9.55 Å². The van der Waals surface area contributed by atoms with Gasteiger partial charge in [-0.15, -0.1) is 11.3 Å². The second kappa shape index (κ2) is 4.45. The number of nitrogens with zero attached hydrogens (tertiary/aromatic N) is 2. The van der Waals surface area contributed by atoms with E-state index in [-0.39, 0.29) is 11.0 Å². The molecule has 0 unspecified atom stereocenters. The molecule has 0 atom stereocenters. The van der Waals surface area contributed by atoms with Crippen LogP contribution >= 0.6 is 11.3 Å². The SMILES string of the molecule is CC(C)(C)c1ccn(Cc2cncs2)c(=O)c1. The molecule has 0 aliphatic carbocycles. The molecule has 0 aliphatic rings. The molecule has 0 bridgehead atoms. The fraction of sp³-hybridized carbons (Fsp3) is 0.385. The standard InChI is InChI=1S/C13H16N2OS/c1-13(2,3)10-4-5-15(12(16)6-10)8-11-7-14-9-17-11/h4-7,9H,8H2,1-3H3. The molecular formula is C13H16N2OS. The van der Waals surface area contributed by atoms with E-state index in [1.165, 1.54) is 0 Å². The minimum Gasteiger partial charge on any atom is -0.310 e. The van der Waals surface area contributed by atoms with Gasteiger partial charge in [0.25, 0.3) is 5.56 Å². The lowest BCUT2D eigenvalue weighted by Crippen LogP contribution is -2.22. The van der Waals surface area contributed by atoms with E-state index in [0.717, 1.165) is 10.4 Å². The summed E-state index contributed by atoms with van der Waals surface area (Å²) in [7, 11) is 0. The van der Waals surface area contributed by atoms with Crippen LogP contribution in [0.15, 0.2) is 34.8 Å². The fourth-order valence-electron chi connectivity index (χ4n) is 1.59. The van der Waals surface area contributed by atoms with Crippen LogP contribution in [0.2, 0.25) is 0 Å². The molecule has 0 N–H and O–H groups in total. The number of aromatic nitrogens is 2. The summed E-state index contributed by atoms with van der Waals surface area (Å²) in [5.41, 5.74) is 2.92. The normalized spacial score (nSPS) is 11.7. The molecular weight excluding hydrogens is 232 g/mol. The van der Waals surface area contributed by atoms with E-state index in [1.54, 1.807) is 33.7 Å². The molecule has 90 valence electrons. The van der Waals surface area contributed by atoms with Gasteiger partial charge in [-0.3, -0.25) is 9.78 Å². The predicted octanol–water partition coefficient (Wildman–Crippen LogP) is 2.65. The molecule has 0 fully saturated rings. The smallest absolute Gasteiger partial charge is 0.251 e. The van der Waals surface area contributed by atoms with Gasteiger partial charge in [-0.25, -0.2) is 0 Å². The summed E-state index contributed by atoms with van der Waals surface area (Å²) in [4.78, 5) is 17.1. The van der Waals surface area contributed by atoms with E-state index in [1.807, 2.05) is 12.3 Å². The minimum atomic E-state index is 0.0166. The van der Waals surface area contributed by atoms with Crippen molar-refractivity contribution in [2.45, 2.75) is 32.7 Å². The van der Waals surface area contributed by atoms with E-state index in [0.29, 0.717) is 6.54 Å². The van der Waals surface area contributed by atoms with Crippen LogP contribution in [0.3, 0.4) is 0 Å². The lowest BCUT2D eigenvalue weighted by molar-refractivity contribution is 0.584. The highest BCUT2D eigenvalue weighted by Gasteiger charge is 2.14. The van der Waals surface area contributed by atoms with Crippen molar-refractivity contribution < 1.29 is 0 Å². The van der Waals surface area contributed by atoms with Gasteiger partial charge in [0.05, 0.1) is 12.1 Å². The summed E-state index contributed by atoms with van der Waals surface area (Å²) in [5, 5.41) is 0. The Morgan fingerprint density at radius 1 is 1.41 bits per heavy atom. The number of rotatable bonds is 2. The van der Waals surface area contributed by atoms with Crippen LogP contribution in [0.5, 0.6) is 0 Å². The zero-order valence-corrected chi connectivity index (χ0v) is 11.1. The summed E-state index contributed by atoms with van der Waals surface area (Å²) in [6.45, 7) is 6.92. The first-order valence-electron chi connectivity index (χ1n) is 5.55. The van der Waals surface area contributed by atoms with Gasteiger partial charge in [-0.05, 0) is 17.0 Å². The fourth-order valence-corrected chi connectivity index (χ4v) is 2.19. The zero-order valence-electron chi connectivity index (χ0n) is 10.3. The van der Waals surface area contributed by atoms with E-state index >= 15 is 0 Å². The third kappa shape index (κ3) is 2.82. The summed E-state index contributed by atoms with van der Waals surface area (Å²) in [6.07, 6.45) is 3.66. The predicted molar refractivity (Wildman–Crippen MR) is 70.6 cm³/mol. The molecule has 0 amide bonds. The van der Waals surface area contributed by atoms with Crippen LogP contribution < -0.4 is 5.56 Å². The number of hydrogen-bond donors (Lipinski definition) is 0. The second-order valence-corrected chi connectivity index (χ2v) is 6.07. The second-order valence-electron chi connectivity index (χ2n) is 5.10. The van der Waals surface area contributed by atoms with Crippen LogP contribution in [0.4, 0.5) is 0 Å². The number of pyridine rings is 1. The average molecular weight is 248 g/mol. The van der Waals surface area contributed by atoms with E-state index in [2.05, 4.69) is 25.8 Å². The lowest BCUT2D eigenvalue weighted by atomic mass is 9.88. The highest BCUT2D eigenvalue weighted by Crippen LogP contribution is 2.20. The first-order valence-corrected chi connectivity index (χ1v) is 6.43. The summed E-state index contributed by atoms with van der Waals surface area (Å²) < 4.78 is 1.71. The molecule has 2 rings (SSSR count). The van der Waals surface area contributed by atoms with Gasteiger partial charge in [-0.1, -0.05) is 20.8 Å². The molecule has 0 spiro atoms. The molecule has 0 saturated heterocycles. The van der Waals surface area contributed by atoms with Crippen molar-refractivity contribution in [1.82, 2.24) is 9.55 Å². The van der Waals surface area contributed by atoms with Crippen molar-refractivity contribution in [2.75, 3.05) is 0 Å². The van der Waals surface area contributed by atoms with Crippen LogP contribution in [-0.2, 0) is 12.0 Å². The highest BCUT2D eigenvalue weighted by atomic mass is 32.1. The maximum atomic E-state index is 12.0. The van der Waals surface area contributed by atoms with Crippen molar-refractivity contribution in [3.05, 3.63) is 50.8 Å². The molecule has 4 heteroatoms. The Hall–Kier alpha value is -1.42. The summed E-state index contributed by atoms with van der Waals surface area (Å²) in [6, 6.07) is 3.74. The summed E-state index contributed by atoms with van der Waals surface area (Å²) in [5.74, 6) is 0. The van der Waals surface area contributed by atoms with Crippen molar-refractivity contribution in [3.63, 3.8) is 0 Å². The lowest BCUT2D eigenvalue weighted by Gasteiger charge is -2.19. The zero-order chi connectivity index (χ0) is 12.5. The Morgan fingerprint density at radius 3 is 2.71 bits per heavy atom. The van der Waals surface area contributed by atoms with Gasteiger partial charge < -0.3 is 4.57 Å². The van der Waals surface area contributed by atoms with Crippen molar-refractivity contribution >= 4 is 11.3 Å². The Labute approximate surface area is 105 Å². The molecule has 0 saturated carbocycles. The average Bonchev–Trinajstić information content (AvgIpc) is 2.72. The third-order valence-electron chi connectivity index (χ3n) is 2.67. The molecule has 2 heterocycles. The van der Waals surface area contributed by atoms with Crippen molar-refractivity contribution in [3.8, 4) is 0 Å². The Balaban J connectivity index is 2.30. The van der Waals surface area contributed by atoms with Crippen LogP contribution in [0.1, 0.15) is 31.2 Å². The Bertz CT molecular complexity index is 550. The minimum absolute atomic E-state index is 0.0166. The largest absolute Gasteiger partial charge is 0.310 e. The molecule has 2 aromatic heterocycles. The van der Waals surface area contributed by atoms with Crippen molar-refractivity contribution in [1.29, 1.82) is 0 Å². The maximum absolute atomic E-state index is 12.0. The third-order valence-corrected chi connectivity index (χ3v) is 3.44. The van der Waals surface area contributed by atoms with Crippen molar-refractivity contribution in [2.24, 2.45) is 0 Å². The van der Waals surface area contributed by atoms with Crippen LogP contribution in [0, 0.1) is 0 Å². The van der Waals surface area contributed by atoms with Gasteiger partial charge in [0.1, 0.15) is 0 Å². The van der Waals surface area contributed by atoms with Gasteiger partial charge in [-0.2, -0.15) is 0 Å². The molecule has 0 aliphatic heterocycles. The van der Waals surface area contributed by atoms with Gasteiger partial charge in [0.2, 0.25) is 0 Å². The van der Waals surface area contributed by atoms with E-state index < -0.39 is 0 Å². The Morgan fingerprint density at radius 2 is 2.18 bits per heavy atom. The first kappa shape index (κ1) is 12.0. The van der Waals surface area contributed by atoms with Gasteiger partial charge in [0.15, 0.2) is 0 Å². The number of hydrogen-bond acceptors (Lipinski definition) is 3. The topological polar surface area (TPSA) is 34.9 Å².